The molecule has 0 saturated carbocycles. The van der Waals surface area contributed by atoms with Crippen LogP contribution in [0.4, 0.5) is 13.2 Å². The van der Waals surface area contributed by atoms with Crippen molar-refractivity contribution in [3.63, 3.8) is 0 Å². The molecule has 148 valence electrons. The lowest BCUT2D eigenvalue weighted by molar-refractivity contribution is -0.199. The Hall–Kier alpha value is -0.780. The van der Waals surface area contributed by atoms with Crippen molar-refractivity contribution in [2.45, 2.75) is 58.5 Å². The zero-order valence-corrected chi connectivity index (χ0v) is 17.6. The van der Waals surface area contributed by atoms with Gasteiger partial charge >= 0.3 is 6.18 Å². The topological polar surface area (TPSA) is 68.2 Å². The van der Waals surface area contributed by atoms with Crippen LogP contribution in [0.1, 0.15) is 34.6 Å². The normalized spacial score (nSPS) is 19.8. The van der Waals surface area contributed by atoms with E-state index in [0.29, 0.717) is 13.1 Å². The van der Waals surface area contributed by atoms with E-state index in [2.05, 4.69) is 10.3 Å². The van der Waals surface area contributed by atoms with Crippen molar-refractivity contribution in [1.29, 1.82) is 0 Å². The molecule has 6 nitrogen and oxygen atoms in total. The number of piperazine rings is 1. The van der Waals surface area contributed by atoms with Crippen LogP contribution < -0.4 is 5.32 Å². The van der Waals surface area contributed by atoms with Crippen LogP contribution in [0.2, 0.25) is 0 Å². The molecule has 0 radical (unpaired) electrons. The molecule has 0 aromatic carbocycles. The number of nitrogens with zero attached hydrogens (tertiary/aromatic N) is 3. The number of halogens is 4. The van der Waals surface area contributed by atoms with Gasteiger partial charge in [0.25, 0.3) is 0 Å². The first-order valence-corrected chi connectivity index (χ1v) is 8.00. The summed E-state index contributed by atoms with van der Waals surface area (Å²) < 4.78 is 37.3. The smallest absolute Gasteiger partial charge is 0.382 e. The van der Waals surface area contributed by atoms with Gasteiger partial charge in [-0.1, -0.05) is 0 Å². The van der Waals surface area contributed by atoms with Gasteiger partial charge in [-0.2, -0.15) is 13.2 Å². The highest BCUT2D eigenvalue weighted by molar-refractivity contribution is 14.0. The van der Waals surface area contributed by atoms with Crippen molar-refractivity contribution in [2.75, 3.05) is 26.2 Å². The van der Waals surface area contributed by atoms with Crippen LogP contribution in [0, 0.1) is 0 Å². The van der Waals surface area contributed by atoms with E-state index in [1.165, 1.54) is 0 Å². The monoisotopic (exact) mass is 480 g/mol. The third-order valence-electron chi connectivity index (χ3n) is 3.77. The lowest BCUT2D eigenvalue weighted by Crippen LogP contribution is -2.66. The molecule has 2 N–H and O–H groups in total. The summed E-state index contributed by atoms with van der Waals surface area (Å²) in [5, 5.41) is 12.0. The Morgan fingerprint density at radius 3 is 2.36 bits per heavy atom. The van der Waals surface area contributed by atoms with Gasteiger partial charge in [-0.3, -0.25) is 9.79 Å². The number of hydrogen-bond donors (Lipinski definition) is 2. The molecule has 1 amide bonds. The van der Waals surface area contributed by atoms with E-state index >= 15 is 0 Å². The molecule has 1 heterocycles. The highest BCUT2D eigenvalue weighted by atomic mass is 127. The summed E-state index contributed by atoms with van der Waals surface area (Å²) in [4.78, 5) is 19.7. The maximum Gasteiger partial charge on any atom is 0.416 e. The second-order valence-corrected chi connectivity index (χ2v) is 6.78. The van der Waals surface area contributed by atoms with Crippen molar-refractivity contribution in [3.05, 3.63) is 0 Å². The Morgan fingerprint density at radius 1 is 1.40 bits per heavy atom. The maximum atomic E-state index is 12.4. The first-order valence-electron chi connectivity index (χ1n) is 8.00. The van der Waals surface area contributed by atoms with Crippen molar-refractivity contribution in [2.24, 2.45) is 4.99 Å². The molecule has 25 heavy (non-hydrogen) atoms. The largest absolute Gasteiger partial charge is 0.416 e. The van der Waals surface area contributed by atoms with Crippen LogP contribution in [-0.2, 0) is 4.79 Å². The zero-order chi connectivity index (χ0) is 18.7. The fraction of sp³-hybridized carbons (Fsp3) is 0.867. The minimum Gasteiger partial charge on any atom is -0.382 e. The van der Waals surface area contributed by atoms with E-state index in [1.807, 2.05) is 27.7 Å². The van der Waals surface area contributed by atoms with Gasteiger partial charge in [-0.25, -0.2) is 0 Å². The van der Waals surface area contributed by atoms with Crippen LogP contribution in [-0.4, -0.2) is 76.8 Å². The maximum absolute atomic E-state index is 12.4. The van der Waals surface area contributed by atoms with Gasteiger partial charge in [0.2, 0.25) is 5.91 Å². The second-order valence-electron chi connectivity index (χ2n) is 6.78. The van der Waals surface area contributed by atoms with Crippen molar-refractivity contribution in [1.82, 2.24) is 15.1 Å². The van der Waals surface area contributed by atoms with Crippen LogP contribution >= 0.6 is 24.0 Å². The molecule has 1 aliphatic heterocycles. The number of aliphatic hydroxyl groups is 1. The number of aliphatic hydroxyl groups excluding tert-OH is 1. The van der Waals surface area contributed by atoms with Crippen molar-refractivity contribution < 1.29 is 23.1 Å². The average Bonchev–Trinajstić information content (AvgIpc) is 2.39. The van der Waals surface area contributed by atoms with Gasteiger partial charge in [0.1, 0.15) is 0 Å². The fourth-order valence-corrected chi connectivity index (χ4v) is 3.02. The molecule has 0 aromatic heterocycles. The van der Waals surface area contributed by atoms with E-state index in [0.717, 1.165) is 0 Å². The summed E-state index contributed by atoms with van der Waals surface area (Å²) in [5.41, 5.74) is -0.484. The lowest BCUT2D eigenvalue weighted by atomic mass is 9.96. The molecule has 10 heteroatoms. The quantitative estimate of drug-likeness (QED) is 0.366. The van der Waals surface area contributed by atoms with Gasteiger partial charge in [-0.05, 0) is 34.6 Å². The van der Waals surface area contributed by atoms with Gasteiger partial charge in [0, 0.05) is 19.1 Å². The second kappa shape index (κ2) is 9.24. The Morgan fingerprint density at radius 2 is 1.96 bits per heavy atom. The molecule has 1 saturated heterocycles. The van der Waals surface area contributed by atoms with Gasteiger partial charge < -0.3 is 20.2 Å². The van der Waals surface area contributed by atoms with Crippen LogP contribution in [0.15, 0.2) is 4.99 Å². The number of guanidine groups is 1. The van der Waals surface area contributed by atoms with E-state index in [4.69, 9.17) is 5.11 Å². The molecule has 1 rings (SSSR count). The predicted molar refractivity (Wildman–Crippen MR) is 101 cm³/mol. The van der Waals surface area contributed by atoms with Gasteiger partial charge in [0.15, 0.2) is 12.1 Å². The fourth-order valence-electron chi connectivity index (χ4n) is 3.02. The molecule has 0 aliphatic carbocycles. The Bertz CT molecular complexity index is 484. The van der Waals surface area contributed by atoms with E-state index in [-0.39, 0.29) is 48.4 Å². The molecule has 1 atom stereocenters. The number of aliphatic imine (C=N–C) groups is 1. The number of alkyl halides is 3. The van der Waals surface area contributed by atoms with E-state index in [9.17, 15) is 18.0 Å². The van der Waals surface area contributed by atoms with Gasteiger partial charge in [-0.15, -0.1) is 24.0 Å². The lowest BCUT2D eigenvalue weighted by Gasteiger charge is -2.49. The number of hydrogen-bond acceptors (Lipinski definition) is 3. The number of amides is 1. The summed E-state index contributed by atoms with van der Waals surface area (Å²) >= 11 is 0. The highest BCUT2D eigenvalue weighted by Gasteiger charge is 2.41. The summed E-state index contributed by atoms with van der Waals surface area (Å²) in [5.74, 6) is 0.0915. The first-order chi connectivity index (χ1) is 10.9. The van der Waals surface area contributed by atoms with Crippen molar-refractivity contribution >= 4 is 35.8 Å². The summed E-state index contributed by atoms with van der Waals surface area (Å²) in [6.45, 7) is 9.57. The first kappa shape index (κ1) is 24.2. The molecule has 0 aromatic rings. The number of carbonyl (C=O) groups is 1. The van der Waals surface area contributed by atoms with Crippen LogP contribution in [0.25, 0.3) is 0 Å². The zero-order valence-electron chi connectivity index (χ0n) is 15.2. The van der Waals surface area contributed by atoms with E-state index in [1.54, 1.807) is 16.7 Å². The molecular formula is C15H28F3IN4O2. The minimum atomic E-state index is -4.72. The summed E-state index contributed by atoms with van der Waals surface area (Å²) in [6.07, 6.45) is -7.24. The molecule has 1 fully saturated rings. The van der Waals surface area contributed by atoms with Gasteiger partial charge in [0.05, 0.1) is 18.6 Å². The molecule has 1 unspecified atom stereocenters. The third-order valence-corrected chi connectivity index (χ3v) is 3.77. The van der Waals surface area contributed by atoms with Crippen LogP contribution in [0.5, 0.6) is 0 Å². The Kier molecular flexibility index (Phi) is 8.95. The number of nitrogens with one attached hydrogen (secondary N) is 1. The number of carbonyl (C=O) groups excluding carboxylic acids is 1. The Balaban J connectivity index is 0.00000576. The highest BCUT2D eigenvalue weighted by Crippen LogP contribution is 2.25. The summed E-state index contributed by atoms with van der Waals surface area (Å²) in [7, 11) is 0. The SMILES string of the molecule is CCNC(=NCC(O)C(F)(F)F)N1CC(=O)N(C(C)C)C(C)(C)C1.I. The van der Waals surface area contributed by atoms with Crippen molar-refractivity contribution in [3.8, 4) is 0 Å². The molecule has 0 spiro atoms. The molecular weight excluding hydrogens is 452 g/mol. The molecule has 1 aliphatic rings. The van der Waals surface area contributed by atoms with Crippen LogP contribution in [0.3, 0.4) is 0 Å². The van der Waals surface area contributed by atoms with E-state index < -0.39 is 24.4 Å². The average molecular weight is 480 g/mol. The standard InChI is InChI=1S/C15H27F3N4O2.HI/c1-6-19-13(20-7-11(23)15(16,17)18)21-8-12(24)22(10(2)3)14(4,5)9-21;/h10-11,23H,6-9H2,1-5H3,(H,19,20);1H. The number of rotatable bonds is 4. The predicted octanol–water partition coefficient (Wildman–Crippen LogP) is 1.82. The molecule has 0 bridgehead atoms. The Labute approximate surface area is 163 Å². The summed E-state index contributed by atoms with van der Waals surface area (Å²) in [6, 6.07) is 0.0289. The third kappa shape index (κ3) is 6.46. The minimum absolute atomic E-state index is 0.